The second-order valence-electron chi connectivity index (χ2n) is 7.13. The van der Waals surface area contributed by atoms with Crippen molar-refractivity contribution < 1.29 is 19.4 Å². The molecule has 1 aromatic carbocycles. The summed E-state index contributed by atoms with van der Waals surface area (Å²) in [6.45, 7) is 4.89. The first-order chi connectivity index (χ1) is 12.2. The lowest BCUT2D eigenvalue weighted by atomic mass is 10.0. The molecule has 1 N–H and O–H groups in total. The number of benzene rings is 1. The van der Waals surface area contributed by atoms with E-state index in [1.807, 2.05) is 23.1 Å². The molecular formula is C19H26N2O4. The van der Waals surface area contributed by atoms with Crippen LogP contribution in [-0.2, 0) is 11.2 Å². The molecule has 0 unspecified atom stereocenters. The Morgan fingerprint density at radius 1 is 1.12 bits per heavy atom. The van der Waals surface area contributed by atoms with Gasteiger partial charge in [0.15, 0.2) is 0 Å². The van der Waals surface area contributed by atoms with Crippen LogP contribution < -0.4 is 4.74 Å². The van der Waals surface area contributed by atoms with E-state index in [-0.39, 0.29) is 11.9 Å². The van der Waals surface area contributed by atoms with E-state index < -0.39 is 6.10 Å². The molecule has 25 heavy (non-hydrogen) atoms. The van der Waals surface area contributed by atoms with Gasteiger partial charge in [-0.2, -0.15) is 0 Å². The molecule has 4 rings (SSSR count). The molecule has 6 heteroatoms. The molecule has 2 atom stereocenters. The molecule has 3 aliphatic heterocycles. The summed E-state index contributed by atoms with van der Waals surface area (Å²) < 4.78 is 11.0. The number of hydrogen-bond acceptors (Lipinski definition) is 5. The number of fused-ring (bicyclic) bond motifs is 1. The summed E-state index contributed by atoms with van der Waals surface area (Å²) in [6.07, 6.45) is 2.49. The zero-order valence-electron chi connectivity index (χ0n) is 14.5. The van der Waals surface area contributed by atoms with Crippen molar-refractivity contribution in [3.05, 3.63) is 29.3 Å². The van der Waals surface area contributed by atoms with E-state index in [0.29, 0.717) is 19.8 Å². The van der Waals surface area contributed by atoms with Crippen LogP contribution in [0, 0.1) is 0 Å². The third-order valence-corrected chi connectivity index (χ3v) is 5.46. The van der Waals surface area contributed by atoms with Crippen LogP contribution in [0.4, 0.5) is 0 Å². The first-order valence-electron chi connectivity index (χ1n) is 9.27. The van der Waals surface area contributed by atoms with Gasteiger partial charge in [0.25, 0.3) is 5.91 Å². The Bertz CT molecular complexity index is 636. The number of amides is 1. The Labute approximate surface area is 148 Å². The first-order valence-corrected chi connectivity index (χ1v) is 9.27. The molecule has 0 aromatic heterocycles. The summed E-state index contributed by atoms with van der Waals surface area (Å²) in [5.41, 5.74) is 1.89. The monoisotopic (exact) mass is 346 g/mol. The van der Waals surface area contributed by atoms with E-state index >= 15 is 0 Å². The highest BCUT2D eigenvalue weighted by atomic mass is 16.5. The van der Waals surface area contributed by atoms with Crippen LogP contribution in [-0.4, -0.2) is 79.0 Å². The Kier molecular flexibility index (Phi) is 4.92. The minimum Gasteiger partial charge on any atom is -0.493 e. The van der Waals surface area contributed by atoms with Gasteiger partial charge in [0.1, 0.15) is 5.75 Å². The molecule has 3 aliphatic rings. The molecule has 6 nitrogen and oxygen atoms in total. The second kappa shape index (κ2) is 7.32. The fourth-order valence-corrected chi connectivity index (χ4v) is 4.03. The van der Waals surface area contributed by atoms with Crippen molar-refractivity contribution in [2.75, 3.05) is 46.0 Å². The van der Waals surface area contributed by atoms with Crippen LogP contribution in [0.25, 0.3) is 0 Å². The van der Waals surface area contributed by atoms with E-state index in [9.17, 15) is 9.90 Å². The van der Waals surface area contributed by atoms with Crippen molar-refractivity contribution in [1.82, 2.24) is 9.80 Å². The molecular weight excluding hydrogens is 320 g/mol. The van der Waals surface area contributed by atoms with Gasteiger partial charge in [0, 0.05) is 31.7 Å². The topological polar surface area (TPSA) is 62.2 Å². The normalized spacial score (nSPS) is 27.5. The molecule has 136 valence electrons. The van der Waals surface area contributed by atoms with E-state index in [4.69, 9.17) is 9.47 Å². The van der Waals surface area contributed by atoms with Crippen molar-refractivity contribution in [3.8, 4) is 5.75 Å². The van der Waals surface area contributed by atoms with Gasteiger partial charge in [-0.1, -0.05) is 0 Å². The van der Waals surface area contributed by atoms with Crippen LogP contribution in [0.1, 0.15) is 28.8 Å². The quantitative estimate of drug-likeness (QED) is 0.863. The number of nitrogens with zero attached hydrogens (tertiary/aromatic N) is 2. The smallest absolute Gasteiger partial charge is 0.253 e. The number of carbonyl (C=O) groups excluding carboxylic acids is 1. The Hall–Kier alpha value is -1.63. The molecule has 1 aromatic rings. The lowest BCUT2D eigenvalue weighted by Gasteiger charge is -2.28. The Morgan fingerprint density at radius 3 is 2.88 bits per heavy atom. The maximum Gasteiger partial charge on any atom is 0.253 e. The third-order valence-electron chi connectivity index (χ3n) is 5.46. The number of ether oxygens (including phenoxy) is 2. The summed E-state index contributed by atoms with van der Waals surface area (Å²) in [5, 5.41) is 10.0. The number of aryl methyl sites for hydroxylation is 1. The summed E-state index contributed by atoms with van der Waals surface area (Å²) in [7, 11) is 0. The molecule has 1 amide bonds. The molecule has 0 aliphatic carbocycles. The molecule has 2 fully saturated rings. The molecule has 0 bridgehead atoms. The van der Waals surface area contributed by atoms with Crippen LogP contribution in [0.5, 0.6) is 5.75 Å². The van der Waals surface area contributed by atoms with Crippen LogP contribution in [0.3, 0.4) is 0 Å². The van der Waals surface area contributed by atoms with Crippen molar-refractivity contribution in [1.29, 1.82) is 0 Å². The maximum atomic E-state index is 12.9. The van der Waals surface area contributed by atoms with Gasteiger partial charge in [-0.3, -0.25) is 9.69 Å². The lowest BCUT2D eigenvalue weighted by Crippen LogP contribution is -2.45. The number of aliphatic hydroxyl groups excluding tert-OH is 1. The Balaban J connectivity index is 1.42. The van der Waals surface area contributed by atoms with Crippen molar-refractivity contribution in [2.24, 2.45) is 0 Å². The van der Waals surface area contributed by atoms with E-state index in [2.05, 4.69) is 4.90 Å². The van der Waals surface area contributed by atoms with Gasteiger partial charge in [-0.05, 0) is 43.0 Å². The fraction of sp³-hybridized carbons (Fsp3) is 0.632. The van der Waals surface area contributed by atoms with Gasteiger partial charge in [0.05, 0.1) is 32.0 Å². The number of rotatable bonds is 2. The molecule has 0 radical (unpaired) electrons. The van der Waals surface area contributed by atoms with Gasteiger partial charge in [-0.25, -0.2) is 0 Å². The van der Waals surface area contributed by atoms with Crippen LogP contribution in [0.2, 0.25) is 0 Å². The predicted octanol–water partition coefficient (Wildman–Crippen LogP) is 0.919. The average Bonchev–Trinajstić information content (AvgIpc) is 2.93. The number of aliphatic hydroxyl groups is 1. The zero-order valence-corrected chi connectivity index (χ0v) is 14.5. The predicted molar refractivity (Wildman–Crippen MR) is 93.0 cm³/mol. The molecule has 3 heterocycles. The second-order valence-corrected chi connectivity index (χ2v) is 7.13. The van der Waals surface area contributed by atoms with Crippen molar-refractivity contribution in [3.63, 3.8) is 0 Å². The van der Waals surface area contributed by atoms with E-state index in [1.165, 1.54) is 0 Å². The Morgan fingerprint density at radius 2 is 2.04 bits per heavy atom. The summed E-state index contributed by atoms with van der Waals surface area (Å²) in [6, 6.07) is 5.87. The van der Waals surface area contributed by atoms with E-state index in [0.717, 1.165) is 62.4 Å². The molecule has 0 spiro atoms. The highest BCUT2D eigenvalue weighted by Gasteiger charge is 2.33. The SMILES string of the molecule is O=C(c1ccc2c(c1)CCCO2)N1CCCN([C@H]2COC[C@@H]2O)CC1. The minimum absolute atomic E-state index is 0.0657. The largest absolute Gasteiger partial charge is 0.493 e. The lowest BCUT2D eigenvalue weighted by molar-refractivity contribution is 0.0725. The highest BCUT2D eigenvalue weighted by molar-refractivity contribution is 5.94. The maximum absolute atomic E-state index is 12.9. The summed E-state index contributed by atoms with van der Waals surface area (Å²) in [5.74, 6) is 1.01. The van der Waals surface area contributed by atoms with E-state index in [1.54, 1.807) is 0 Å². The van der Waals surface area contributed by atoms with Crippen molar-refractivity contribution >= 4 is 5.91 Å². The third kappa shape index (κ3) is 3.52. The molecule has 2 saturated heterocycles. The van der Waals surface area contributed by atoms with Crippen LogP contribution >= 0.6 is 0 Å². The van der Waals surface area contributed by atoms with Crippen molar-refractivity contribution in [2.45, 2.75) is 31.4 Å². The highest BCUT2D eigenvalue weighted by Crippen LogP contribution is 2.26. The van der Waals surface area contributed by atoms with Gasteiger partial charge >= 0.3 is 0 Å². The zero-order chi connectivity index (χ0) is 17.2. The molecule has 0 saturated carbocycles. The minimum atomic E-state index is -0.414. The average molecular weight is 346 g/mol. The summed E-state index contributed by atoms with van der Waals surface area (Å²) >= 11 is 0. The van der Waals surface area contributed by atoms with Gasteiger partial charge in [-0.15, -0.1) is 0 Å². The van der Waals surface area contributed by atoms with Crippen LogP contribution in [0.15, 0.2) is 18.2 Å². The summed E-state index contributed by atoms with van der Waals surface area (Å²) in [4.78, 5) is 17.1. The standard InChI is InChI=1S/C19H26N2O4/c22-17-13-24-12-16(17)20-6-2-7-21(9-8-20)19(23)15-4-5-18-14(11-15)3-1-10-25-18/h4-5,11,16-17,22H,1-3,6-10,12-13H2/t16-,17-/m0/s1. The first kappa shape index (κ1) is 16.8. The fourth-order valence-electron chi connectivity index (χ4n) is 4.03. The van der Waals surface area contributed by atoms with Gasteiger partial charge in [0.2, 0.25) is 0 Å². The number of carbonyl (C=O) groups is 1. The van der Waals surface area contributed by atoms with Gasteiger partial charge < -0.3 is 19.5 Å². The number of hydrogen-bond donors (Lipinski definition) is 1.